The molecule has 0 saturated carbocycles. The monoisotopic (exact) mass is 207 g/mol. The molecule has 0 radical (unpaired) electrons. The standard InChI is InChI=1S/C5H6NO6P/c7-5(4-6-1-2-11-4)12-3-13(8,9)10/h1-2H,3H2,(H2,8,9,10). The van der Waals surface area contributed by atoms with E-state index in [0.29, 0.717) is 0 Å². The Hall–Kier alpha value is -1.17. The molecular weight excluding hydrogens is 201 g/mol. The molecule has 0 aliphatic carbocycles. The van der Waals surface area contributed by atoms with Crippen molar-refractivity contribution in [3.8, 4) is 0 Å². The SMILES string of the molecule is O=C(OCP(=O)(O)O)c1ncco1. The van der Waals surface area contributed by atoms with E-state index < -0.39 is 19.9 Å². The Morgan fingerprint density at radius 3 is 2.85 bits per heavy atom. The number of hydrogen-bond acceptors (Lipinski definition) is 5. The smallest absolute Gasteiger partial charge is 0.395 e. The molecule has 1 aromatic rings. The van der Waals surface area contributed by atoms with Crippen molar-refractivity contribution in [2.24, 2.45) is 0 Å². The molecule has 0 aromatic carbocycles. The second kappa shape index (κ2) is 3.69. The Morgan fingerprint density at radius 2 is 2.38 bits per heavy atom. The molecule has 8 heteroatoms. The maximum Gasteiger partial charge on any atom is 0.395 e. The van der Waals surface area contributed by atoms with Gasteiger partial charge in [0.2, 0.25) is 0 Å². The molecule has 0 bridgehead atoms. The summed E-state index contributed by atoms with van der Waals surface area (Å²) in [4.78, 5) is 30.9. The molecule has 0 saturated heterocycles. The molecule has 7 nitrogen and oxygen atoms in total. The summed E-state index contributed by atoms with van der Waals surface area (Å²) in [5.41, 5.74) is 0. The zero-order valence-electron chi connectivity index (χ0n) is 6.28. The van der Waals surface area contributed by atoms with Crippen LogP contribution < -0.4 is 0 Å². The summed E-state index contributed by atoms with van der Waals surface area (Å²) in [6, 6.07) is 0. The minimum Gasteiger partial charge on any atom is -0.446 e. The largest absolute Gasteiger partial charge is 0.446 e. The number of oxazole rings is 1. The lowest BCUT2D eigenvalue weighted by Crippen LogP contribution is -2.06. The second-order valence-electron chi connectivity index (χ2n) is 2.06. The third-order valence-corrected chi connectivity index (χ3v) is 1.44. The molecule has 0 spiro atoms. The highest BCUT2D eigenvalue weighted by molar-refractivity contribution is 7.51. The molecule has 1 aromatic heterocycles. The molecule has 0 amide bonds. The molecule has 0 fully saturated rings. The predicted molar refractivity (Wildman–Crippen MR) is 38.8 cm³/mol. The van der Waals surface area contributed by atoms with Gasteiger partial charge in [0.25, 0.3) is 0 Å². The van der Waals surface area contributed by atoms with Gasteiger partial charge in [0.05, 0.1) is 6.20 Å². The average molecular weight is 207 g/mol. The highest BCUT2D eigenvalue weighted by atomic mass is 31.2. The van der Waals surface area contributed by atoms with E-state index in [9.17, 15) is 9.36 Å². The van der Waals surface area contributed by atoms with Crippen molar-refractivity contribution in [1.29, 1.82) is 0 Å². The maximum absolute atomic E-state index is 10.8. The molecule has 2 N–H and O–H groups in total. The topological polar surface area (TPSA) is 110 Å². The molecule has 13 heavy (non-hydrogen) atoms. The van der Waals surface area contributed by atoms with Crippen LogP contribution in [0.4, 0.5) is 0 Å². The van der Waals surface area contributed by atoms with Crippen molar-refractivity contribution in [3.05, 3.63) is 18.4 Å². The van der Waals surface area contributed by atoms with Crippen LogP contribution in [0, 0.1) is 0 Å². The van der Waals surface area contributed by atoms with E-state index in [0.717, 1.165) is 6.26 Å². The Balaban J connectivity index is 2.49. The molecular formula is C5H6NO6P. The number of carbonyl (C=O) groups is 1. The first-order valence-corrected chi connectivity index (χ1v) is 4.90. The number of esters is 1. The second-order valence-corrected chi connectivity index (χ2v) is 3.65. The lowest BCUT2D eigenvalue weighted by atomic mass is 10.7. The van der Waals surface area contributed by atoms with Crippen LogP contribution in [0.25, 0.3) is 0 Å². The summed E-state index contributed by atoms with van der Waals surface area (Å²) in [6.07, 6.45) is 1.39. The van der Waals surface area contributed by atoms with Gasteiger partial charge in [0.1, 0.15) is 6.26 Å². The van der Waals surface area contributed by atoms with Crippen molar-refractivity contribution < 1.29 is 28.3 Å². The Kier molecular flexibility index (Phi) is 2.82. The van der Waals surface area contributed by atoms with E-state index in [4.69, 9.17) is 9.79 Å². The van der Waals surface area contributed by atoms with Crippen molar-refractivity contribution in [2.45, 2.75) is 0 Å². The first-order valence-electron chi connectivity index (χ1n) is 3.10. The fraction of sp³-hybridized carbons (Fsp3) is 0.200. The number of rotatable bonds is 3. The van der Waals surface area contributed by atoms with Gasteiger partial charge in [-0.1, -0.05) is 0 Å². The summed E-state index contributed by atoms with van der Waals surface area (Å²) in [7, 11) is -4.33. The van der Waals surface area contributed by atoms with Crippen LogP contribution in [0.2, 0.25) is 0 Å². The van der Waals surface area contributed by atoms with Crippen molar-refractivity contribution in [3.63, 3.8) is 0 Å². The zero-order valence-corrected chi connectivity index (χ0v) is 7.18. The summed E-state index contributed by atoms with van der Waals surface area (Å²) in [5.74, 6) is -1.35. The average Bonchev–Trinajstić information content (AvgIpc) is 2.50. The Morgan fingerprint density at radius 1 is 1.69 bits per heavy atom. The van der Waals surface area contributed by atoms with Gasteiger partial charge in [-0.25, -0.2) is 9.78 Å². The summed E-state index contributed by atoms with van der Waals surface area (Å²) in [6.45, 7) is 0. The molecule has 1 heterocycles. The van der Waals surface area contributed by atoms with E-state index in [1.807, 2.05) is 0 Å². The third-order valence-electron chi connectivity index (χ3n) is 0.971. The van der Waals surface area contributed by atoms with Crippen LogP contribution >= 0.6 is 7.60 Å². The van der Waals surface area contributed by atoms with Crippen molar-refractivity contribution in [2.75, 3.05) is 6.35 Å². The highest BCUT2D eigenvalue weighted by Gasteiger charge is 2.19. The fourth-order valence-corrected chi connectivity index (χ4v) is 0.814. The van der Waals surface area contributed by atoms with Gasteiger partial charge in [-0.15, -0.1) is 0 Å². The number of nitrogens with zero attached hydrogens (tertiary/aromatic N) is 1. The van der Waals surface area contributed by atoms with E-state index in [1.165, 1.54) is 6.20 Å². The Bertz CT molecular complexity index is 327. The third kappa shape index (κ3) is 3.37. The molecule has 0 unspecified atom stereocenters. The fourth-order valence-electron chi connectivity index (χ4n) is 0.529. The van der Waals surface area contributed by atoms with E-state index in [2.05, 4.69) is 14.1 Å². The summed E-state index contributed by atoms with van der Waals surface area (Å²) < 4.78 is 19.0. The minimum absolute atomic E-state index is 0.339. The van der Waals surface area contributed by atoms with Crippen LogP contribution in [0.3, 0.4) is 0 Å². The molecule has 0 aliphatic heterocycles. The van der Waals surface area contributed by atoms with E-state index in [-0.39, 0.29) is 5.89 Å². The normalized spacial score (nSPS) is 11.2. The van der Waals surface area contributed by atoms with Crippen molar-refractivity contribution >= 4 is 13.6 Å². The summed E-state index contributed by atoms with van der Waals surface area (Å²) in [5, 5.41) is 0. The quantitative estimate of drug-likeness (QED) is 0.528. The number of carbonyl (C=O) groups excluding carboxylic acids is 1. The number of ether oxygens (including phenoxy) is 1. The van der Waals surface area contributed by atoms with Gasteiger partial charge in [-0.2, -0.15) is 0 Å². The van der Waals surface area contributed by atoms with Gasteiger partial charge >= 0.3 is 19.5 Å². The lowest BCUT2D eigenvalue weighted by molar-refractivity contribution is 0.0505. The number of aromatic nitrogens is 1. The van der Waals surface area contributed by atoms with Gasteiger partial charge in [-0.05, 0) is 0 Å². The van der Waals surface area contributed by atoms with Gasteiger partial charge in [0.15, 0.2) is 6.35 Å². The predicted octanol–water partition coefficient (Wildman–Crippen LogP) is -0.0334. The van der Waals surface area contributed by atoms with Gasteiger partial charge in [0, 0.05) is 0 Å². The Labute approximate surface area is 72.5 Å². The highest BCUT2D eigenvalue weighted by Crippen LogP contribution is 2.34. The van der Waals surface area contributed by atoms with Crippen LogP contribution in [0.1, 0.15) is 10.7 Å². The van der Waals surface area contributed by atoms with E-state index >= 15 is 0 Å². The minimum atomic E-state index is -4.33. The molecule has 0 aliphatic rings. The first-order chi connectivity index (χ1) is 5.99. The number of hydrogen-bond donors (Lipinski definition) is 2. The van der Waals surface area contributed by atoms with Crippen molar-refractivity contribution in [1.82, 2.24) is 4.98 Å². The lowest BCUT2D eigenvalue weighted by Gasteiger charge is -2.02. The van der Waals surface area contributed by atoms with Crippen LogP contribution in [-0.2, 0) is 9.30 Å². The molecule has 1 rings (SSSR count). The van der Waals surface area contributed by atoms with Crippen LogP contribution in [0.5, 0.6) is 0 Å². The van der Waals surface area contributed by atoms with E-state index in [1.54, 1.807) is 0 Å². The van der Waals surface area contributed by atoms with Gasteiger partial charge < -0.3 is 18.9 Å². The first kappa shape index (κ1) is 9.91. The van der Waals surface area contributed by atoms with Crippen LogP contribution in [0.15, 0.2) is 16.9 Å². The maximum atomic E-state index is 10.8. The molecule has 0 atom stereocenters. The molecule has 72 valence electrons. The van der Waals surface area contributed by atoms with Crippen LogP contribution in [-0.4, -0.2) is 27.1 Å². The summed E-state index contributed by atoms with van der Waals surface area (Å²) >= 11 is 0. The zero-order chi connectivity index (χ0) is 9.90. The van der Waals surface area contributed by atoms with Gasteiger partial charge in [-0.3, -0.25) is 4.57 Å².